The van der Waals surface area contributed by atoms with Crippen molar-refractivity contribution in [2.45, 2.75) is 25.8 Å². The van der Waals surface area contributed by atoms with E-state index in [0.717, 1.165) is 25.9 Å². The summed E-state index contributed by atoms with van der Waals surface area (Å²) in [7, 11) is 0. The summed E-state index contributed by atoms with van der Waals surface area (Å²) in [5.74, 6) is -0.639. The van der Waals surface area contributed by atoms with Gasteiger partial charge in [-0.3, -0.25) is 9.59 Å². The van der Waals surface area contributed by atoms with E-state index >= 15 is 0 Å². The number of nitrogens with one attached hydrogen (secondary N) is 1. The number of phenolic OH excluding ortho intramolecular Hbond substituents is 1. The van der Waals surface area contributed by atoms with Crippen LogP contribution in [0.5, 0.6) is 5.75 Å². The van der Waals surface area contributed by atoms with Gasteiger partial charge in [0.1, 0.15) is 11.8 Å². The summed E-state index contributed by atoms with van der Waals surface area (Å²) < 4.78 is 0.688. The van der Waals surface area contributed by atoms with Crippen LogP contribution in [0.3, 0.4) is 0 Å². The Balaban J connectivity index is 2.01. The molecular weight excluding hydrogens is 324 g/mol. The monoisotopic (exact) mass is 340 g/mol. The summed E-state index contributed by atoms with van der Waals surface area (Å²) in [6, 6.07) is 4.04. The number of phenols is 1. The van der Waals surface area contributed by atoms with Gasteiger partial charge in [-0.25, -0.2) is 0 Å². The fraction of sp³-hybridized carbons (Fsp3) is 0.429. The largest absolute Gasteiger partial charge is 0.507 e. The van der Waals surface area contributed by atoms with Crippen molar-refractivity contribution in [2.75, 3.05) is 13.1 Å². The lowest BCUT2D eigenvalue weighted by atomic mass is 10.1. The second-order valence-electron chi connectivity index (χ2n) is 4.89. The van der Waals surface area contributed by atoms with Crippen molar-refractivity contribution >= 4 is 27.7 Å². The number of likely N-dealkylation sites (tertiary alicyclic amines) is 1. The number of aromatic hydroxyl groups is 1. The molecule has 20 heavy (non-hydrogen) atoms. The van der Waals surface area contributed by atoms with E-state index in [-0.39, 0.29) is 17.2 Å². The van der Waals surface area contributed by atoms with Gasteiger partial charge >= 0.3 is 0 Å². The zero-order valence-electron chi connectivity index (χ0n) is 11.2. The van der Waals surface area contributed by atoms with Crippen molar-refractivity contribution in [2.24, 2.45) is 0 Å². The summed E-state index contributed by atoms with van der Waals surface area (Å²) in [5.41, 5.74) is 0.161. The minimum atomic E-state index is -0.594. The van der Waals surface area contributed by atoms with Gasteiger partial charge < -0.3 is 15.3 Å². The number of rotatable bonds is 3. The van der Waals surface area contributed by atoms with Crippen molar-refractivity contribution in [3.63, 3.8) is 0 Å². The third kappa shape index (κ3) is 3.30. The molecule has 0 saturated carbocycles. The van der Waals surface area contributed by atoms with Crippen LogP contribution in [-0.4, -0.2) is 41.0 Å². The van der Waals surface area contributed by atoms with E-state index in [1.165, 1.54) is 12.1 Å². The van der Waals surface area contributed by atoms with Gasteiger partial charge in [-0.15, -0.1) is 0 Å². The number of hydrogen-bond acceptors (Lipinski definition) is 3. The molecule has 0 aromatic heterocycles. The SMILES string of the molecule is CC(NC(=O)c1ccc(Br)cc1O)C(=O)N1CCCC1. The summed E-state index contributed by atoms with van der Waals surface area (Å²) >= 11 is 3.21. The van der Waals surface area contributed by atoms with Crippen molar-refractivity contribution in [3.8, 4) is 5.75 Å². The molecule has 6 heteroatoms. The van der Waals surface area contributed by atoms with Crippen LogP contribution in [0.4, 0.5) is 0 Å². The highest BCUT2D eigenvalue weighted by atomic mass is 79.9. The summed E-state index contributed by atoms with van der Waals surface area (Å²) in [4.78, 5) is 25.9. The Bertz CT molecular complexity index is 527. The molecule has 2 amide bonds. The Morgan fingerprint density at radius 1 is 1.35 bits per heavy atom. The number of benzene rings is 1. The lowest BCUT2D eigenvalue weighted by Gasteiger charge is -2.21. The van der Waals surface area contributed by atoms with E-state index in [9.17, 15) is 14.7 Å². The van der Waals surface area contributed by atoms with Crippen molar-refractivity contribution < 1.29 is 14.7 Å². The molecule has 0 spiro atoms. The van der Waals surface area contributed by atoms with Gasteiger partial charge in [0.2, 0.25) is 5.91 Å². The third-order valence-corrected chi connectivity index (χ3v) is 3.83. The molecule has 1 atom stereocenters. The molecule has 1 heterocycles. The molecule has 0 aliphatic carbocycles. The molecule has 1 aromatic carbocycles. The minimum Gasteiger partial charge on any atom is -0.507 e. The maximum Gasteiger partial charge on any atom is 0.255 e. The van der Waals surface area contributed by atoms with Crippen LogP contribution in [0.2, 0.25) is 0 Å². The molecule has 1 saturated heterocycles. The highest BCUT2D eigenvalue weighted by Gasteiger charge is 2.25. The number of halogens is 1. The predicted molar refractivity (Wildman–Crippen MR) is 78.5 cm³/mol. The normalized spacial score (nSPS) is 16.0. The first-order valence-corrected chi connectivity index (χ1v) is 7.36. The molecule has 0 radical (unpaired) electrons. The third-order valence-electron chi connectivity index (χ3n) is 3.34. The van der Waals surface area contributed by atoms with Crippen LogP contribution >= 0.6 is 15.9 Å². The predicted octanol–water partition coefficient (Wildman–Crippen LogP) is 1.90. The lowest BCUT2D eigenvalue weighted by Crippen LogP contribution is -2.45. The van der Waals surface area contributed by atoms with Gasteiger partial charge in [-0.1, -0.05) is 15.9 Å². The number of carbonyl (C=O) groups excluding carboxylic acids is 2. The van der Waals surface area contributed by atoms with Gasteiger partial charge in [0.25, 0.3) is 5.91 Å². The zero-order valence-corrected chi connectivity index (χ0v) is 12.8. The molecule has 1 aliphatic heterocycles. The summed E-state index contributed by atoms with van der Waals surface area (Å²) in [6.45, 7) is 3.17. The Hall–Kier alpha value is -1.56. The maximum atomic E-state index is 12.1. The molecule has 5 nitrogen and oxygen atoms in total. The second-order valence-corrected chi connectivity index (χ2v) is 5.80. The van der Waals surface area contributed by atoms with Gasteiger partial charge in [-0.05, 0) is 38.0 Å². The molecule has 1 fully saturated rings. The van der Waals surface area contributed by atoms with E-state index < -0.39 is 11.9 Å². The Morgan fingerprint density at radius 3 is 2.60 bits per heavy atom. The lowest BCUT2D eigenvalue weighted by molar-refractivity contribution is -0.131. The van der Waals surface area contributed by atoms with Crippen LogP contribution in [0.25, 0.3) is 0 Å². The van der Waals surface area contributed by atoms with E-state index in [4.69, 9.17) is 0 Å². The average Bonchev–Trinajstić information content (AvgIpc) is 2.91. The highest BCUT2D eigenvalue weighted by Crippen LogP contribution is 2.22. The molecule has 0 bridgehead atoms. The number of carbonyl (C=O) groups is 2. The van der Waals surface area contributed by atoms with Gasteiger partial charge in [-0.2, -0.15) is 0 Å². The average molecular weight is 341 g/mol. The first-order valence-electron chi connectivity index (χ1n) is 6.57. The fourth-order valence-electron chi connectivity index (χ4n) is 2.24. The Labute approximate surface area is 126 Å². The van der Waals surface area contributed by atoms with Crippen LogP contribution < -0.4 is 5.32 Å². The number of amides is 2. The molecule has 2 rings (SSSR count). The Morgan fingerprint density at radius 2 is 2.00 bits per heavy atom. The van der Waals surface area contributed by atoms with Crippen LogP contribution in [0.1, 0.15) is 30.1 Å². The van der Waals surface area contributed by atoms with E-state index in [0.29, 0.717) is 4.47 Å². The molecule has 108 valence electrons. The zero-order chi connectivity index (χ0) is 14.7. The molecule has 1 aliphatic rings. The van der Waals surface area contributed by atoms with Crippen LogP contribution in [-0.2, 0) is 4.79 Å². The topological polar surface area (TPSA) is 69.6 Å². The number of nitrogens with zero attached hydrogens (tertiary/aromatic N) is 1. The second kappa shape index (κ2) is 6.26. The van der Waals surface area contributed by atoms with Gasteiger partial charge in [0.05, 0.1) is 5.56 Å². The van der Waals surface area contributed by atoms with Crippen molar-refractivity contribution in [1.82, 2.24) is 10.2 Å². The fourth-order valence-corrected chi connectivity index (χ4v) is 2.59. The van der Waals surface area contributed by atoms with E-state index in [1.807, 2.05) is 0 Å². The van der Waals surface area contributed by atoms with Gasteiger partial charge in [0, 0.05) is 17.6 Å². The van der Waals surface area contributed by atoms with E-state index in [2.05, 4.69) is 21.2 Å². The standard InChI is InChI=1S/C14H17BrN2O3/c1-9(14(20)17-6-2-3-7-17)16-13(19)11-5-4-10(15)8-12(11)18/h4-5,8-9,18H,2-3,6-7H2,1H3,(H,16,19). The summed E-state index contributed by atoms with van der Waals surface area (Å²) in [5, 5.41) is 12.4. The smallest absolute Gasteiger partial charge is 0.255 e. The van der Waals surface area contributed by atoms with E-state index in [1.54, 1.807) is 17.9 Å². The number of hydrogen-bond donors (Lipinski definition) is 2. The molecular formula is C14H17BrN2O3. The Kier molecular flexibility index (Phi) is 4.65. The maximum absolute atomic E-state index is 12.1. The molecule has 2 N–H and O–H groups in total. The molecule has 1 unspecified atom stereocenters. The van der Waals surface area contributed by atoms with Crippen molar-refractivity contribution in [1.29, 1.82) is 0 Å². The van der Waals surface area contributed by atoms with Crippen LogP contribution in [0.15, 0.2) is 22.7 Å². The van der Waals surface area contributed by atoms with Crippen LogP contribution in [0, 0.1) is 0 Å². The molecule has 1 aromatic rings. The summed E-state index contributed by atoms with van der Waals surface area (Å²) in [6.07, 6.45) is 2.03. The van der Waals surface area contributed by atoms with Gasteiger partial charge in [0.15, 0.2) is 0 Å². The first-order chi connectivity index (χ1) is 9.49. The quantitative estimate of drug-likeness (QED) is 0.882. The van der Waals surface area contributed by atoms with Crippen molar-refractivity contribution in [3.05, 3.63) is 28.2 Å². The first kappa shape index (κ1) is 14.8. The highest BCUT2D eigenvalue weighted by molar-refractivity contribution is 9.10. The minimum absolute atomic E-state index is 0.0764.